The van der Waals surface area contributed by atoms with E-state index in [1.807, 2.05) is 0 Å². The van der Waals surface area contributed by atoms with E-state index in [-0.39, 0.29) is 24.0 Å². The van der Waals surface area contributed by atoms with Gasteiger partial charge in [-0.05, 0) is 26.9 Å². The number of likely N-dealkylation sites (N-methyl/N-ethyl adjacent to an activating group) is 2. The Morgan fingerprint density at radius 3 is 2.44 bits per heavy atom. The van der Waals surface area contributed by atoms with Crippen molar-refractivity contribution in [3.8, 4) is 0 Å². The Kier molecular flexibility index (Phi) is 6.17. The van der Waals surface area contributed by atoms with Crippen molar-refractivity contribution in [2.24, 2.45) is 4.99 Å². The number of nitrogens with one attached hydrogen (secondary N) is 1. The van der Waals surface area contributed by atoms with Crippen LogP contribution in [-0.2, 0) is 0 Å². The summed E-state index contributed by atoms with van der Waals surface area (Å²) in [5.74, 6) is 1.08. The molecule has 0 aromatic rings. The first-order valence-electron chi connectivity index (χ1n) is 6.81. The Morgan fingerprint density at radius 1 is 1.28 bits per heavy atom. The molecule has 0 spiro atoms. The van der Waals surface area contributed by atoms with Gasteiger partial charge in [0, 0.05) is 25.7 Å². The standard InChI is InChI=1S/C13H26N4.HI/c1-16(2)13(7-5-4-6-8-13)11-15-12-14-9-10-17(12)3;/h4-11H2,1-3H3,(H,14,15);1H. The molecule has 0 saturated heterocycles. The van der Waals surface area contributed by atoms with Crippen LogP contribution in [0, 0.1) is 0 Å². The van der Waals surface area contributed by atoms with Gasteiger partial charge in [-0.1, -0.05) is 19.3 Å². The summed E-state index contributed by atoms with van der Waals surface area (Å²) < 4.78 is 0. The third-order valence-corrected chi connectivity index (χ3v) is 4.37. The molecule has 18 heavy (non-hydrogen) atoms. The van der Waals surface area contributed by atoms with Crippen molar-refractivity contribution < 1.29 is 0 Å². The summed E-state index contributed by atoms with van der Waals surface area (Å²) in [6, 6.07) is 0. The van der Waals surface area contributed by atoms with Crippen molar-refractivity contribution in [1.29, 1.82) is 0 Å². The lowest BCUT2D eigenvalue weighted by Gasteiger charge is -2.43. The van der Waals surface area contributed by atoms with Crippen LogP contribution in [0.15, 0.2) is 4.99 Å². The fourth-order valence-corrected chi connectivity index (χ4v) is 2.96. The smallest absolute Gasteiger partial charge is 0.193 e. The lowest BCUT2D eigenvalue weighted by molar-refractivity contribution is 0.103. The minimum Gasteiger partial charge on any atom is -0.354 e. The first-order valence-corrected chi connectivity index (χ1v) is 6.81. The maximum Gasteiger partial charge on any atom is 0.193 e. The number of halogens is 1. The number of rotatable bonds is 3. The second-order valence-corrected chi connectivity index (χ2v) is 5.66. The molecule has 2 aliphatic rings. The molecule has 1 heterocycles. The Morgan fingerprint density at radius 2 is 1.94 bits per heavy atom. The van der Waals surface area contributed by atoms with E-state index < -0.39 is 0 Å². The molecule has 2 rings (SSSR count). The van der Waals surface area contributed by atoms with Crippen molar-refractivity contribution in [1.82, 2.24) is 15.1 Å². The van der Waals surface area contributed by atoms with Crippen LogP contribution in [0.2, 0.25) is 0 Å². The van der Waals surface area contributed by atoms with Gasteiger partial charge >= 0.3 is 0 Å². The Balaban J connectivity index is 0.00000162. The summed E-state index contributed by atoms with van der Waals surface area (Å²) in [5.41, 5.74) is 0.337. The first-order chi connectivity index (χ1) is 8.14. The van der Waals surface area contributed by atoms with Crippen molar-refractivity contribution >= 4 is 29.9 Å². The van der Waals surface area contributed by atoms with Crippen LogP contribution in [0.1, 0.15) is 32.1 Å². The van der Waals surface area contributed by atoms with Gasteiger partial charge < -0.3 is 15.1 Å². The second kappa shape index (κ2) is 6.93. The monoisotopic (exact) mass is 366 g/mol. The molecule has 0 unspecified atom stereocenters. The Hall–Kier alpha value is -0.0400. The maximum atomic E-state index is 4.50. The summed E-state index contributed by atoms with van der Waals surface area (Å²) in [6.07, 6.45) is 6.74. The summed E-state index contributed by atoms with van der Waals surface area (Å²) >= 11 is 0. The molecule has 1 aliphatic carbocycles. The maximum absolute atomic E-state index is 4.50. The minimum absolute atomic E-state index is 0. The van der Waals surface area contributed by atoms with Crippen LogP contribution in [-0.4, -0.2) is 62.1 Å². The number of guanidine groups is 1. The fraction of sp³-hybridized carbons (Fsp3) is 0.923. The minimum atomic E-state index is 0. The molecule has 0 radical (unpaired) electrons. The molecular formula is C13H27IN4. The van der Waals surface area contributed by atoms with Crippen LogP contribution in [0.4, 0.5) is 0 Å². The van der Waals surface area contributed by atoms with Crippen molar-refractivity contribution in [2.75, 3.05) is 40.8 Å². The molecule has 1 aliphatic heterocycles. The van der Waals surface area contributed by atoms with Crippen molar-refractivity contribution in [2.45, 2.75) is 37.6 Å². The SMILES string of the molecule is CN1CCN=C1NCC1(N(C)C)CCCCC1.I. The lowest BCUT2D eigenvalue weighted by atomic mass is 9.80. The number of hydrogen-bond donors (Lipinski definition) is 1. The van der Waals surface area contributed by atoms with Gasteiger partial charge in [0.15, 0.2) is 5.96 Å². The summed E-state index contributed by atoms with van der Waals surface area (Å²) in [6.45, 7) is 3.02. The zero-order valence-corrected chi connectivity index (χ0v) is 14.2. The van der Waals surface area contributed by atoms with E-state index in [9.17, 15) is 0 Å². The zero-order chi connectivity index (χ0) is 12.3. The number of hydrogen-bond acceptors (Lipinski definition) is 4. The molecule has 106 valence electrons. The van der Waals surface area contributed by atoms with Crippen LogP contribution in [0.3, 0.4) is 0 Å². The van der Waals surface area contributed by atoms with Crippen molar-refractivity contribution in [3.63, 3.8) is 0 Å². The Labute approximate surface area is 128 Å². The van der Waals surface area contributed by atoms with Gasteiger partial charge in [0.25, 0.3) is 0 Å². The summed E-state index contributed by atoms with van der Waals surface area (Å²) in [7, 11) is 6.54. The van der Waals surface area contributed by atoms with E-state index in [2.05, 4.69) is 41.3 Å². The second-order valence-electron chi connectivity index (χ2n) is 5.66. The average molecular weight is 366 g/mol. The largest absolute Gasteiger partial charge is 0.354 e. The highest BCUT2D eigenvalue weighted by Gasteiger charge is 2.34. The van der Waals surface area contributed by atoms with E-state index in [4.69, 9.17) is 0 Å². The molecule has 0 aromatic carbocycles. The van der Waals surface area contributed by atoms with E-state index in [0.29, 0.717) is 5.54 Å². The van der Waals surface area contributed by atoms with E-state index in [0.717, 1.165) is 25.6 Å². The topological polar surface area (TPSA) is 30.9 Å². The van der Waals surface area contributed by atoms with Crippen molar-refractivity contribution in [3.05, 3.63) is 0 Å². The molecule has 1 saturated carbocycles. The molecule has 0 amide bonds. The van der Waals surface area contributed by atoms with E-state index >= 15 is 0 Å². The van der Waals surface area contributed by atoms with Crippen LogP contribution < -0.4 is 5.32 Å². The van der Waals surface area contributed by atoms with Crippen LogP contribution in [0.5, 0.6) is 0 Å². The van der Waals surface area contributed by atoms with Gasteiger partial charge in [-0.2, -0.15) is 0 Å². The molecule has 1 N–H and O–H groups in total. The van der Waals surface area contributed by atoms with Gasteiger partial charge in [-0.15, -0.1) is 24.0 Å². The third kappa shape index (κ3) is 3.50. The lowest BCUT2D eigenvalue weighted by Crippen LogP contribution is -2.55. The highest BCUT2D eigenvalue weighted by Crippen LogP contribution is 2.31. The number of nitrogens with zero attached hydrogens (tertiary/aromatic N) is 3. The molecule has 0 aromatic heterocycles. The molecule has 5 heteroatoms. The highest BCUT2D eigenvalue weighted by molar-refractivity contribution is 14.0. The third-order valence-electron chi connectivity index (χ3n) is 4.37. The highest BCUT2D eigenvalue weighted by atomic mass is 127. The van der Waals surface area contributed by atoms with Gasteiger partial charge in [-0.25, -0.2) is 0 Å². The zero-order valence-electron chi connectivity index (χ0n) is 11.9. The number of aliphatic imine (C=N–C) groups is 1. The Bertz CT molecular complexity index is 285. The van der Waals surface area contributed by atoms with Gasteiger partial charge in [0.1, 0.15) is 0 Å². The van der Waals surface area contributed by atoms with E-state index in [1.54, 1.807) is 0 Å². The quantitative estimate of drug-likeness (QED) is 0.773. The first kappa shape index (κ1) is 16.0. The van der Waals surface area contributed by atoms with Crippen LogP contribution in [0.25, 0.3) is 0 Å². The fourth-order valence-electron chi connectivity index (χ4n) is 2.96. The average Bonchev–Trinajstić information content (AvgIpc) is 2.73. The van der Waals surface area contributed by atoms with Gasteiger partial charge in [0.05, 0.1) is 6.54 Å². The van der Waals surface area contributed by atoms with E-state index in [1.165, 1.54) is 32.1 Å². The van der Waals surface area contributed by atoms with Gasteiger partial charge in [-0.3, -0.25) is 4.99 Å². The molecule has 1 fully saturated rings. The predicted octanol–water partition coefficient (Wildman–Crippen LogP) is 1.76. The molecular weight excluding hydrogens is 339 g/mol. The molecule has 0 bridgehead atoms. The van der Waals surface area contributed by atoms with Crippen LogP contribution >= 0.6 is 24.0 Å². The molecule has 4 nitrogen and oxygen atoms in total. The summed E-state index contributed by atoms with van der Waals surface area (Å²) in [4.78, 5) is 9.13. The molecule has 0 atom stereocenters. The normalized spacial score (nSPS) is 22.7. The van der Waals surface area contributed by atoms with Gasteiger partial charge in [0.2, 0.25) is 0 Å². The summed E-state index contributed by atoms with van der Waals surface area (Å²) in [5, 5.41) is 3.56. The predicted molar refractivity (Wildman–Crippen MR) is 87.9 cm³/mol.